The molecule has 0 aromatic heterocycles. The van der Waals surface area contributed by atoms with Gasteiger partial charge >= 0.3 is 6.03 Å². The van der Waals surface area contributed by atoms with Crippen LogP contribution in [0.15, 0.2) is 78.4 Å². The summed E-state index contributed by atoms with van der Waals surface area (Å²) < 4.78 is 5.71. The van der Waals surface area contributed by atoms with Crippen molar-refractivity contribution in [1.82, 2.24) is 5.32 Å². The van der Waals surface area contributed by atoms with E-state index in [-0.39, 0.29) is 18.1 Å². The summed E-state index contributed by atoms with van der Waals surface area (Å²) in [7, 11) is 0. The van der Waals surface area contributed by atoms with E-state index >= 15 is 0 Å². The molecule has 8 heteroatoms. The molecular weight excluding hydrogens is 446 g/mol. The van der Waals surface area contributed by atoms with E-state index in [0.29, 0.717) is 22.7 Å². The molecule has 5 amide bonds. The molecule has 8 nitrogen and oxygen atoms in total. The van der Waals surface area contributed by atoms with Gasteiger partial charge in [0.15, 0.2) is 6.61 Å². The predicted molar refractivity (Wildman–Crippen MR) is 132 cm³/mol. The third kappa shape index (κ3) is 5.27. The number of nitrogens with zero attached hydrogens (tertiary/aromatic N) is 1. The van der Waals surface area contributed by atoms with E-state index in [0.717, 1.165) is 16.0 Å². The zero-order valence-corrected chi connectivity index (χ0v) is 19.2. The Bertz CT molecular complexity index is 1350. The van der Waals surface area contributed by atoms with Crippen molar-refractivity contribution in [3.8, 4) is 5.75 Å². The maximum absolute atomic E-state index is 13.1. The molecule has 0 bridgehead atoms. The molecule has 0 aliphatic carbocycles. The Morgan fingerprint density at radius 2 is 1.69 bits per heavy atom. The van der Waals surface area contributed by atoms with E-state index in [1.165, 1.54) is 6.08 Å². The van der Waals surface area contributed by atoms with Crippen LogP contribution < -0.4 is 20.3 Å². The minimum absolute atomic E-state index is 0.232. The first kappa shape index (κ1) is 23.4. The number of imide groups is 2. The first-order chi connectivity index (χ1) is 16.8. The number of ether oxygens (including phenoxy) is 1. The Morgan fingerprint density at radius 3 is 2.46 bits per heavy atom. The fourth-order valence-electron chi connectivity index (χ4n) is 3.56. The molecule has 2 N–H and O–H groups in total. The van der Waals surface area contributed by atoms with E-state index in [1.807, 2.05) is 32.0 Å². The zero-order valence-electron chi connectivity index (χ0n) is 19.2. The van der Waals surface area contributed by atoms with Crippen molar-refractivity contribution in [2.24, 2.45) is 0 Å². The number of carbonyl (C=O) groups excluding carboxylic acids is 4. The molecule has 1 aliphatic rings. The van der Waals surface area contributed by atoms with E-state index in [2.05, 4.69) is 10.6 Å². The second-order valence-electron chi connectivity index (χ2n) is 7.99. The molecule has 3 aromatic rings. The van der Waals surface area contributed by atoms with Gasteiger partial charge in [-0.25, -0.2) is 9.69 Å². The lowest BCUT2D eigenvalue weighted by molar-refractivity contribution is -0.122. The Balaban J connectivity index is 1.54. The Labute approximate surface area is 202 Å². The van der Waals surface area contributed by atoms with Gasteiger partial charge in [0.25, 0.3) is 17.7 Å². The number of rotatable bonds is 6. The minimum atomic E-state index is -0.823. The Hall–Kier alpha value is -4.72. The van der Waals surface area contributed by atoms with Gasteiger partial charge in [-0.05, 0) is 55.3 Å². The normalized spacial score (nSPS) is 14.6. The number of carbonyl (C=O) groups is 4. The van der Waals surface area contributed by atoms with Crippen LogP contribution in [0, 0.1) is 13.8 Å². The van der Waals surface area contributed by atoms with Crippen LogP contribution in [0.25, 0.3) is 6.08 Å². The van der Waals surface area contributed by atoms with Crippen LogP contribution in [-0.4, -0.2) is 30.4 Å². The van der Waals surface area contributed by atoms with E-state index in [4.69, 9.17) is 4.74 Å². The van der Waals surface area contributed by atoms with Crippen molar-refractivity contribution in [1.29, 1.82) is 0 Å². The molecular formula is C27H23N3O5. The molecule has 3 aromatic carbocycles. The van der Waals surface area contributed by atoms with Gasteiger partial charge in [-0.15, -0.1) is 0 Å². The van der Waals surface area contributed by atoms with Crippen molar-refractivity contribution in [2.75, 3.05) is 16.8 Å². The minimum Gasteiger partial charge on any atom is -0.483 e. The number of amides is 5. The quantitative estimate of drug-likeness (QED) is 0.420. The van der Waals surface area contributed by atoms with Gasteiger partial charge in [0.2, 0.25) is 0 Å². The number of hydrogen-bond donors (Lipinski definition) is 2. The lowest BCUT2D eigenvalue weighted by Crippen LogP contribution is -2.54. The summed E-state index contributed by atoms with van der Waals surface area (Å²) in [6.07, 6.45) is 1.35. The molecule has 0 radical (unpaired) electrons. The number of benzene rings is 3. The summed E-state index contributed by atoms with van der Waals surface area (Å²) in [6.45, 7) is 3.56. The van der Waals surface area contributed by atoms with Gasteiger partial charge in [0.1, 0.15) is 11.3 Å². The molecule has 35 heavy (non-hydrogen) atoms. The highest BCUT2D eigenvalue weighted by atomic mass is 16.5. The molecule has 4 rings (SSSR count). The lowest BCUT2D eigenvalue weighted by Gasteiger charge is -2.26. The summed E-state index contributed by atoms with van der Waals surface area (Å²) in [5, 5.41) is 5.01. The van der Waals surface area contributed by atoms with E-state index in [1.54, 1.807) is 54.6 Å². The number of para-hydroxylation sites is 2. The monoisotopic (exact) mass is 469 g/mol. The third-order valence-corrected chi connectivity index (χ3v) is 5.36. The molecule has 0 saturated carbocycles. The van der Waals surface area contributed by atoms with Crippen LogP contribution >= 0.6 is 0 Å². The molecule has 0 atom stereocenters. The maximum atomic E-state index is 13.1. The topological polar surface area (TPSA) is 105 Å². The largest absolute Gasteiger partial charge is 0.483 e. The number of urea groups is 1. The summed E-state index contributed by atoms with van der Waals surface area (Å²) in [5.74, 6) is -1.62. The summed E-state index contributed by atoms with van der Waals surface area (Å²) >= 11 is 0. The van der Waals surface area contributed by atoms with Crippen LogP contribution in [0.4, 0.5) is 16.2 Å². The SMILES string of the molecule is Cc1ccc(C)c(NC(=O)COc2ccccc2/C=C2/C(=O)NC(=O)N(c3ccccc3)C2=O)c1. The third-order valence-electron chi connectivity index (χ3n) is 5.36. The lowest BCUT2D eigenvalue weighted by atomic mass is 10.1. The standard InChI is InChI=1S/C27H23N3O5/c1-17-12-13-18(2)22(14-17)28-24(31)16-35-23-11-7-6-8-19(23)15-21-25(32)29-27(34)30(26(21)33)20-9-4-3-5-10-20/h3-15H,16H2,1-2H3,(H,28,31)(H,29,32,34)/b21-15-. The van der Waals surface area contributed by atoms with E-state index in [9.17, 15) is 19.2 Å². The van der Waals surface area contributed by atoms with Crippen LogP contribution in [0.2, 0.25) is 0 Å². The average molecular weight is 469 g/mol. The smallest absolute Gasteiger partial charge is 0.335 e. The predicted octanol–water partition coefficient (Wildman–Crippen LogP) is 3.99. The van der Waals surface area contributed by atoms with Crippen molar-refractivity contribution < 1.29 is 23.9 Å². The van der Waals surface area contributed by atoms with Gasteiger partial charge in [0.05, 0.1) is 5.69 Å². The Kier molecular flexibility index (Phi) is 6.73. The number of aryl methyl sites for hydroxylation is 2. The number of barbiturate groups is 1. The summed E-state index contributed by atoms with van der Waals surface area (Å²) in [4.78, 5) is 51.2. The number of nitrogens with one attached hydrogen (secondary N) is 2. The Morgan fingerprint density at radius 1 is 0.971 bits per heavy atom. The van der Waals surface area contributed by atoms with Crippen LogP contribution in [-0.2, 0) is 14.4 Å². The number of hydrogen-bond acceptors (Lipinski definition) is 5. The molecule has 1 fully saturated rings. The summed E-state index contributed by atoms with van der Waals surface area (Å²) in [6, 6.07) is 19.9. The average Bonchev–Trinajstić information content (AvgIpc) is 2.84. The summed E-state index contributed by atoms with van der Waals surface area (Å²) in [5.41, 5.74) is 3.15. The molecule has 1 aliphatic heterocycles. The van der Waals surface area contributed by atoms with Gasteiger partial charge in [-0.3, -0.25) is 19.7 Å². The van der Waals surface area contributed by atoms with Crippen LogP contribution in [0.3, 0.4) is 0 Å². The van der Waals surface area contributed by atoms with Crippen LogP contribution in [0.5, 0.6) is 5.75 Å². The molecule has 176 valence electrons. The molecule has 1 saturated heterocycles. The second kappa shape index (κ2) is 10.0. The molecule has 1 heterocycles. The van der Waals surface area contributed by atoms with E-state index < -0.39 is 17.8 Å². The van der Waals surface area contributed by atoms with Gasteiger partial charge in [-0.1, -0.05) is 48.5 Å². The first-order valence-corrected chi connectivity index (χ1v) is 10.9. The fourth-order valence-corrected chi connectivity index (χ4v) is 3.56. The first-order valence-electron chi connectivity index (χ1n) is 10.9. The van der Waals surface area contributed by atoms with Gasteiger partial charge in [-0.2, -0.15) is 0 Å². The zero-order chi connectivity index (χ0) is 24.9. The highest BCUT2D eigenvalue weighted by Gasteiger charge is 2.36. The van der Waals surface area contributed by atoms with Crippen molar-refractivity contribution >= 4 is 41.2 Å². The highest BCUT2D eigenvalue weighted by Crippen LogP contribution is 2.25. The van der Waals surface area contributed by atoms with Gasteiger partial charge < -0.3 is 10.1 Å². The van der Waals surface area contributed by atoms with Crippen molar-refractivity contribution in [3.63, 3.8) is 0 Å². The maximum Gasteiger partial charge on any atom is 0.335 e. The number of anilines is 2. The molecule has 0 unspecified atom stereocenters. The van der Waals surface area contributed by atoms with Crippen molar-refractivity contribution in [2.45, 2.75) is 13.8 Å². The fraction of sp³-hybridized carbons (Fsp3) is 0.111. The molecule has 0 spiro atoms. The second-order valence-corrected chi connectivity index (χ2v) is 7.99. The van der Waals surface area contributed by atoms with Gasteiger partial charge in [0, 0.05) is 11.3 Å². The van der Waals surface area contributed by atoms with Crippen molar-refractivity contribution in [3.05, 3.63) is 95.1 Å². The van der Waals surface area contributed by atoms with Crippen LogP contribution in [0.1, 0.15) is 16.7 Å². The highest BCUT2D eigenvalue weighted by molar-refractivity contribution is 6.39.